The molecule has 3 aromatic rings. The number of ether oxygens (including phenoxy) is 2. The molecule has 0 bridgehead atoms. The van der Waals surface area contributed by atoms with E-state index in [0.29, 0.717) is 11.5 Å². The minimum Gasteiger partial charge on any atom is -0.493 e. The Morgan fingerprint density at radius 1 is 1.13 bits per heavy atom. The van der Waals surface area contributed by atoms with Crippen molar-refractivity contribution in [3.05, 3.63) is 60.0 Å². The fourth-order valence-corrected chi connectivity index (χ4v) is 2.91. The van der Waals surface area contributed by atoms with Gasteiger partial charge in [0.15, 0.2) is 18.1 Å². The van der Waals surface area contributed by atoms with Crippen molar-refractivity contribution in [3.8, 4) is 11.5 Å². The smallest absolute Gasteiger partial charge is 0.416 e. The molecule has 1 amide bonds. The molecule has 3 rings (SSSR count). The van der Waals surface area contributed by atoms with Gasteiger partial charge in [-0.3, -0.25) is 4.79 Å². The average molecular weight is 439 g/mol. The fraction of sp³-hybridized carbons (Fsp3) is 0.211. The summed E-state index contributed by atoms with van der Waals surface area (Å²) in [5, 5.41) is 10.2. The number of amides is 1. The molecule has 11 heteroatoms. The lowest BCUT2D eigenvalue weighted by Crippen LogP contribution is -2.15. The van der Waals surface area contributed by atoms with E-state index in [4.69, 9.17) is 13.9 Å². The average Bonchev–Trinajstić information content (AvgIpc) is 3.18. The number of carbonyl (C=O) groups excluding carboxylic acids is 1. The Morgan fingerprint density at radius 3 is 2.63 bits per heavy atom. The summed E-state index contributed by atoms with van der Waals surface area (Å²) < 4.78 is 54.3. The number of alkyl halides is 3. The van der Waals surface area contributed by atoms with E-state index in [2.05, 4.69) is 15.5 Å². The molecule has 0 aliphatic carbocycles. The van der Waals surface area contributed by atoms with E-state index >= 15 is 0 Å². The summed E-state index contributed by atoms with van der Waals surface area (Å²) in [5.74, 6) is 0.627. The summed E-state index contributed by atoms with van der Waals surface area (Å²) in [6, 6.07) is 11.4. The van der Waals surface area contributed by atoms with Crippen molar-refractivity contribution in [2.24, 2.45) is 0 Å². The third-order valence-corrected chi connectivity index (χ3v) is 4.49. The van der Waals surface area contributed by atoms with Crippen LogP contribution in [0, 0.1) is 0 Å². The highest BCUT2D eigenvalue weighted by molar-refractivity contribution is 7.99. The van der Waals surface area contributed by atoms with Gasteiger partial charge < -0.3 is 19.2 Å². The summed E-state index contributed by atoms with van der Waals surface area (Å²) in [6.45, 7) is 0.00433. The number of anilines is 1. The van der Waals surface area contributed by atoms with Crippen LogP contribution in [-0.2, 0) is 17.6 Å². The highest BCUT2D eigenvalue weighted by Gasteiger charge is 2.30. The van der Waals surface area contributed by atoms with E-state index in [9.17, 15) is 18.0 Å². The number of para-hydroxylation sites is 2. The summed E-state index contributed by atoms with van der Waals surface area (Å²) in [7, 11) is 1.52. The molecule has 0 aliphatic heterocycles. The normalized spacial score (nSPS) is 11.2. The van der Waals surface area contributed by atoms with Gasteiger partial charge in [-0.1, -0.05) is 30.0 Å². The molecule has 0 saturated heterocycles. The molecule has 0 spiro atoms. The number of carbonyl (C=O) groups is 1. The third-order valence-electron chi connectivity index (χ3n) is 3.67. The van der Waals surface area contributed by atoms with Gasteiger partial charge >= 0.3 is 6.18 Å². The first-order chi connectivity index (χ1) is 14.3. The van der Waals surface area contributed by atoms with Crippen molar-refractivity contribution in [2.45, 2.75) is 18.0 Å². The third kappa shape index (κ3) is 5.89. The number of methoxy groups -OCH3 is 1. The summed E-state index contributed by atoms with van der Waals surface area (Å²) in [5.41, 5.74) is -0.795. The van der Waals surface area contributed by atoms with E-state index < -0.39 is 17.6 Å². The standard InChI is InChI=1S/C19H16F3N3O4S/c1-27-14-7-2-3-8-15(14)28-10-17-24-25-18(29-17)30-11-16(26)23-13-6-4-5-12(9-13)19(20,21)22/h2-9H,10-11H2,1H3,(H,23,26). The first-order valence-electron chi connectivity index (χ1n) is 8.53. The van der Waals surface area contributed by atoms with Crippen LogP contribution in [0.1, 0.15) is 11.5 Å². The number of aromatic nitrogens is 2. The summed E-state index contributed by atoms with van der Waals surface area (Å²) in [6.07, 6.45) is -4.48. The van der Waals surface area contributed by atoms with E-state index in [-0.39, 0.29) is 29.2 Å². The van der Waals surface area contributed by atoms with Crippen LogP contribution in [0.2, 0.25) is 0 Å². The van der Waals surface area contributed by atoms with Crippen molar-refractivity contribution >= 4 is 23.4 Å². The molecule has 2 aromatic carbocycles. The second-order valence-electron chi connectivity index (χ2n) is 5.82. The number of hydrogen-bond acceptors (Lipinski definition) is 7. The van der Waals surface area contributed by atoms with Gasteiger partial charge in [-0.15, -0.1) is 10.2 Å². The predicted octanol–water partition coefficient (Wildman–Crippen LogP) is 4.41. The zero-order valence-corrected chi connectivity index (χ0v) is 16.4. The number of halogens is 3. The van der Waals surface area contributed by atoms with Crippen molar-refractivity contribution in [1.29, 1.82) is 0 Å². The van der Waals surface area contributed by atoms with Crippen LogP contribution in [0.15, 0.2) is 58.2 Å². The van der Waals surface area contributed by atoms with Gasteiger partial charge in [0.2, 0.25) is 5.91 Å². The van der Waals surface area contributed by atoms with Crippen LogP contribution < -0.4 is 14.8 Å². The molecule has 7 nitrogen and oxygen atoms in total. The number of thioether (sulfide) groups is 1. The summed E-state index contributed by atoms with van der Waals surface area (Å²) >= 11 is 0.953. The fourth-order valence-electron chi connectivity index (χ4n) is 2.33. The van der Waals surface area contributed by atoms with Crippen LogP contribution in [-0.4, -0.2) is 29.0 Å². The van der Waals surface area contributed by atoms with Gasteiger partial charge in [-0.25, -0.2) is 0 Å². The van der Waals surface area contributed by atoms with E-state index in [1.54, 1.807) is 24.3 Å². The molecule has 0 aliphatic rings. The van der Waals surface area contributed by atoms with E-state index in [0.717, 1.165) is 23.9 Å². The Hall–Kier alpha value is -3.21. The minimum absolute atomic E-state index is 0.00433. The Bertz CT molecular complexity index is 1010. The quantitative estimate of drug-likeness (QED) is 0.521. The van der Waals surface area contributed by atoms with Gasteiger partial charge in [-0.05, 0) is 30.3 Å². The van der Waals surface area contributed by atoms with Gasteiger partial charge in [0.1, 0.15) is 0 Å². The van der Waals surface area contributed by atoms with Gasteiger partial charge in [0.05, 0.1) is 18.4 Å². The van der Waals surface area contributed by atoms with Crippen LogP contribution in [0.5, 0.6) is 11.5 Å². The predicted molar refractivity (Wildman–Crippen MR) is 102 cm³/mol. The van der Waals surface area contributed by atoms with Crippen LogP contribution >= 0.6 is 11.8 Å². The topological polar surface area (TPSA) is 86.5 Å². The van der Waals surface area contributed by atoms with Gasteiger partial charge in [0, 0.05) is 5.69 Å². The maximum atomic E-state index is 12.7. The molecule has 0 atom stereocenters. The monoisotopic (exact) mass is 439 g/mol. The minimum atomic E-state index is -4.48. The first kappa shape index (κ1) is 21.5. The van der Waals surface area contributed by atoms with Crippen molar-refractivity contribution in [1.82, 2.24) is 10.2 Å². The van der Waals surface area contributed by atoms with Crippen LogP contribution in [0.3, 0.4) is 0 Å². The lowest BCUT2D eigenvalue weighted by molar-refractivity contribution is -0.137. The molecule has 1 heterocycles. The highest BCUT2D eigenvalue weighted by atomic mass is 32.2. The number of nitrogens with one attached hydrogen (secondary N) is 1. The van der Waals surface area contributed by atoms with Crippen molar-refractivity contribution in [3.63, 3.8) is 0 Å². The van der Waals surface area contributed by atoms with Gasteiger partial charge in [-0.2, -0.15) is 13.2 Å². The first-order valence-corrected chi connectivity index (χ1v) is 9.52. The van der Waals surface area contributed by atoms with Crippen molar-refractivity contribution < 1.29 is 31.9 Å². The molecule has 0 saturated carbocycles. The maximum absolute atomic E-state index is 12.7. The Morgan fingerprint density at radius 2 is 1.90 bits per heavy atom. The number of nitrogens with zero attached hydrogens (tertiary/aromatic N) is 2. The summed E-state index contributed by atoms with van der Waals surface area (Å²) in [4.78, 5) is 12.0. The number of rotatable bonds is 8. The van der Waals surface area contributed by atoms with Crippen LogP contribution in [0.25, 0.3) is 0 Å². The van der Waals surface area contributed by atoms with E-state index in [1.165, 1.54) is 19.2 Å². The second kappa shape index (κ2) is 9.53. The molecule has 0 unspecified atom stereocenters. The molecule has 1 aromatic heterocycles. The SMILES string of the molecule is COc1ccccc1OCc1nnc(SCC(=O)Nc2cccc(C(F)(F)F)c2)o1. The molecule has 1 N–H and O–H groups in total. The van der Waals surface area contributed by atoms with Gasteiger partial charge in [0.25, 0.3) is 11.1 Å². The molecular formula is C19H16F3N3O4S. The lowest BCUT2D eigenvalue weighted by Gasteiger charge is -2.09. The zero-order chi connectivity index (χ0) is 21.6. The zero-order valence-electron chi connectivity index (χ0n) is 15.6. The maximum Gasteiger partial charge on any atom is 0.416 e. The van der Waals surface area contributed by atoms with Crippen LogP contribution in [0.4, 0.5) is 18.9 Å². The molecular weight excluding hydrogens is 423 g/mol. The molecule has 0 fully saturated rings. The number of hydrogen-bond donors (Lipinski definition) is 1. The Kier molecular flexibility index (Phi) is 6.83. The Balaban J connectivity index is 1.50. The highest BCUT2D eigenvalue weighted by Crippen LogP contribution is 2.31. The molecule has 0 radical (unpaired) electrons. The second-order valence-corrected chi connectivity index (χ2v) is 6.74. The largest absolute Gasteiger partial charge is 0.493 e. The molecule has 30 heavy (non-hydrogen) atoms. The number of benzene rings is 2. The lowest BCUT2D eigenvalue weighted by atomic mass is 10.2. The van der Waals surface area contributed by atoms with Crippen molar-refractivity contribution in [2.75, 3.05) is 18.2 Å². The molecule has 158 valence electrons. The van der Waals surface area contributed by atoms with E-state index in [1.807, 2.05) is 0 Å². The Labute approximate surface area is 173 Å².